The predicted molar refractivity (Wildman–Crippen MR) is 124 cm³/mol. The van der Waals surface area contributed by atoms with Crippen molar-refractivity contribution in [2.24, 2.45) is 0 Å². The molecule has 0 aliphatic rings. The quantitative estimate of drug-likeness (QED) is 0.379. The van der Waals surface area contributed by atoms with Crippen LogP contribution in [0.5, 0.6) is 0 Å². The number of hydrogen-bond acceptors (Lipinski definition) is 5. The van der Waals surface area contributed by atoms with Crippen molar-refractivity contribution in [3.63, 3.8) is 0 Å². The number of carbonyl (C=O) groups is 1. The molecule has 154 valence electrons. The van der Waals surface area contributed by atoms with Crippen LogP contribution in [0, 0.1) is 0 Å². The summed E-state index contributed by atoms with van der Waals surface area (Å²) in [6.45, 7) is 6.34. The molecule has 0 atom stereocenters. The number of nitrogens with one attached hydrogen (secondary N) is 1. The Morgan fingerprint density at radius 3 is 2.83 bits per heavy atom. The first-order valence-electron chi connectivity index (χ1n) is 9.30. The van der Waals surface area contributed by atoms with Crippen molar-refractivity contribution in [2.45, 2.75) is 44.8 Å². The molecule has 29 heavy (non-hydrogen) atoms. The molecular formula is C20H22Cl2N4OS2. The SMILES string of the molecule is CCCc1cc(-c2nnc(SCC(=O)Nc3cccc(Cl)c3Cl)n2C(C)C)cs1. The number of halogens is 2. The van der Waals surface area contributed by atoms with Crippen LogP contribution in [0.2, 0.25) is 10.0 Å². The number of thiophene rings is 1. The molecule has 0 unspecified atom stereocenters. The van der Waals surface area contributed by atoms with Gasteiger partial charge in [0, 0.05) is 21.9 Å². The van der Waals surface area contributed by atoms with Gasteiger partial charge < -0.3 is 5.32 Å². The zero-order valence-corrected chi connectivity index (χ0v) is 19.6. The maximum Gasteiger partial charge on any atom is 0.234 e. The largest absolute Gasteiger partial charge is 0.324 e. The molecule has 9 heteroatoms. The Bertz CT molecular complexity index is 1000. The van der Waals surface area contributed by atoms with Gasteiger partial charge in [-0.15, -0.1) is 21.5 Å². The minimum Gasteiger partial charge on any atom is -0.324 e. The summed E-state index contributed by atoms with van der Waals surface area (Å²) in [4.78, 5) is 13.7. The molecule has 1 aromatic carbocycles. The van der Waals surface area contributed by atoms with Gasteiger partial charge in [0.25, 0.3) is 0 Å². The van der Waals surface area contributed by atoms with E-state index in [4.69, 9.17) is 23.2 Å². The van der Waals surface area contributed by atoms with Crippen LogP contribution in [0.15, 0.2) is 34.8 Å². The summed E-state index contributed by atoms with van der Waals surface area (Å²) < 4.78 is 2.07. The van der Waals surface area contributed by atoms with E-state index in [2.05, 4.69) is 52.3 Å². The summed E-state index contributed by atoms with van der Waals surface area (Å²) in [5, 5.41) is 15.1. The van der Waals surface area contributed by atoms with Crippen LogP contribution in [0.3, 0.4) is 0 Å². The summed E-state index contributed by atoms with van der Waals surface area (Å²) in [5.74, 6) is 0.845. The molecule has 5 nitrogen and oxygen atoms in total. The summed E-state index contributed by atoms with van der Waals surface area (Å²) in [7, 11) is 0. The van der Waals surface area contributed by atoms with Gasteiger partial charge in [-0.25, -0.2) is 0 Å². The second-order valence-electron chi connectivity index (χ2n) is 6.76. The number of carbonyl (C=O) groups excluding carboxylic acids is 1. The van der Waals surface area contributed by atoms with Crippen molar-refractivity contribution < 1.29 is 4.79 Å². The van der Waals surface area contributed by atoms with Crippen LogP contribution in [-0.2, 0) is 11.2 Å². The fourth-order valence-electron chi connectivity index (χ4n) is 2.83. The predicted octanol–water partition coefficient (Wildman–Crippen LogP) is 6.58. The Morgan fingerprint density at radius 2 is 2.10 bits per heavy atom. The minimum absolute atomic E-state index is 0.169. The Hall–Kier alpha value is -1.54. The zero-order chi connectivity index (χ0) is 21.0. The third-order valence-electron chi connectivity index (χ3n) is 4.15. The highest BCUT2D eigenvalue weighted by atomic mass is 35.5. The number of nitrogens with zero attached hydrogens (tertiary/aromatic N) is 3. The van der Waals surface area contributed by atoms with Gasteiger partial charge in [-0.2, -0.15) is 0 Å². The van der Waals surface area contributed by atoms with Gasteiger partial charge in [0.1, 0.15) is 0 Å². The lowest BCUT2D eigenvalue weighted by molar-refractivity contribution is -0.113. The molecule has 0 fully saturated rings. The molecule has 1 amide bonds. The average molecular weight is 469 g/mol. The summed E-state index contributed by atoms with van der Waals surface area (Å²) in [5.41, 5.74) is 1.57. The first kappa shape index (κ1) is 22.2. The number of hydrogen-bond donors (Lipinski definition) is 1. The molecule has 2 heterocycles. The Kier molecular flexibility index (Phi) is 7.62. The molecule has 0 spiro atoms. The first-order chi connectivity index (χ1) is 13.9. The fourth-order valence-corrected chi connectivity index (χ4v) is 5.01. The maximum absolute atomic E-state index is 12.4. The number of amides is 1. The van der Waals surface area contributed by atoms with Crippen molar-refractivity contribution in [2.75, 3.05) is 11.1 Å². The Labute approximate surface area is 188 Å². The lowest BCUT2D eigenvalue weighted by atomic mass is 10.2. The van der Waals surface area contributed by atoms with Crippen molar-refractivity contribution in [1.29, 1.82) is 0 Å². The third kappa shape index (κ3) is 5.34. The van der Waals surface area contributed by atoms with E-state index >= 15 is 0 Å². The van der Waals surface area contributed by atoms with Gasteiger partial charge in [-0.05, 0) is 38.5 Å². The molecule has 0 aliphatic carbocycles. The average Bonchev–Trinajstić information content (AvgIpc) is 3.31. The molecule has 0 saturated carbocycles. The Balaban J connectivity index is 1.73. The number of aromatic nitrogens is 3. The van der Waals surface area contributed by atoms with Crippen LogP contribution in [0.25, 0.3) is 11.4 Å². The molecule has 1 N–H and O–H groups in total. The summed E-state index contributed by atoms with van der Waals surface area (Å²) >= 11 is 15.2. The number of thioether (sulfide) groups is 1. The smallest absolute Gasteiger partial charge is 0.234 e. The lowest BCUT2D eigenvalue weighted by Crippen LogP contribution is -2.15. The molecule has 3 aromatic rings. The van der Waals surface area contributed by atoms with Crippen molar-refractivity contribution in [1.82, 2.24) is 14.8 Å². The van der Waals surface area contributed by atoms with Gasteiger partial charge in [0.05, 0.1) is 21.5 Å². The van der Waals surface area contributed by atoms with E-state index in [9.17, 15) is 4.79 Å². The second-order valence-corrected chi connectivity index (χ2v) is 9.48. The van der Waals surface area contributed by atoms with Crippen LogP contribution in [-0.4, -0.2) is 26.4 Å². The number of anilines is 1. The van der Waals surface area contributed by atoms with E-state index in [1.807, 2.05) is 0 Å². The van der Waals surface area contributed by atoms with E-state index in [1.54, 1.807) is 29.5 Å². The molecule has 0 saturated heterocycles. The van der Waals surface area contributed by atoms with Crippen molar-refractivity contribution in [3.8, 4) is 11.4 Å². The molecular weight excluding hydrogens is 447 g/mol. The minimum atomic E-state index is -0.181. The van der Waals surface area contributed by atoms with E-state index in [0.29, 0.717) is 20.9 Å². The van der Waals surface area contributed by atoms with Crippen LogP contribution < -0.4 is 5.32 Å². The zero-order valence-electron chi connectivity index (χ0n) is 16.4. The monoisotopic (exact) mass is 468 g/mol. The van der Waals surface area contributed by atoms with Crippen molar-refractivity contribution in [3.05, 3.63) is 44.6 Å². The highest BCUT2D eigenvalue weighted by Crippen LogP contribution is 2.32. The molecule has 3 rings (SSSR count). The van der Waals surface area contributed by atoms with E-state index in [1.165, 1.54) is 16.6 Å². The van der Waals surface area contributed by atoms with Gasteiger partial charge in [0.2, 0.25) is 5.91 Å². The summed E-state index contributed by atoms with van der Waals surface area (Å²) in [6.07, 6.45) is 2.18. The van der Waals surface area contributed by atoms with E-state index in [-0.39, 0.29) is 17.7 Å². The van der Waals surface area contributed by atoms with Gasteiger partial charge >= 0.3 is 0 Å². The lowest BCUT2D eigenvalue weighted by Gasteiger charge is -2.13. The molecule has 0 aliphatic heterocycles. The highest BCUT2D eigenvalue weighted by Gasteiger charge is 2.19. The standard InChI is InChI=1S/C20H22Cl2N4OS2/c1-4-6-14-9-13(10-28-14)19-24-25-20(26(19)12(2)3)29-11-17(27)23-16-8-5-7-15(21)18(16)22/h5,7-10,12H,4,6,11H2,1-3H3,(H,23,27). The van der Waals surface area contributed by atoms with E-state index < -0.39 is 0 Å². The normalized spacial score (nSPS) is 11.2. The molecule has 2 aromatic heterocycles. The van der Waals surface area contributed by atoms with Gasteiger partial charge in [-0.1, -0.05) is 54.4 Å². The van der Waals surface area contributed by atoms with Crippen LogP contribution in [0.4, 0.5) is 5.69 Å². The summed E-state index contributed by atoms with van der Waals surface area (Å²) in [6, 6.07) is 7.49. The topological polar surface area (TPSA) is 59.8 Å². The highest BCUT2D eigenvalue weighted by molar-refractivity contribution is 7.99. The number of benzene rings is 1. The Morgan fingerprint density at radius 1 is 1.31 bits per heavy atom. The fraction of sp³-hybridized carbons (Fsp3) is 0.350. The van der Waals surface area contributed by atoms with Gasteiger partial charge in [0.15, 0.2) is 11.0 Å². The van der Waals surface area contributed by atoms with Crippen LogP contribution >= 0.6 is 46.3 Å². The third-order valence-corrected chi connectivity index (χ3v) is 6.91. The maximum atomic E-state index is 12.4. The molecule has 0 bridgehead atoms. The van der Waals surface area contributed by atoms with Crippen molar-refractivity contribution >= 4 is 57.9 Å². The van der Waals surface area contributed by atoms with Crippen LogP contribution in [0.1, 0.15) is 38.1 Å². The molecule has 0 radical (unpaired) electrons. The first-order valence-corrected chi connectivity index (χ1v) is 11.9. The van der Waals surface area contributed by atoms with Gasteiger partial charge in [-0.3, -0.25) is 9.36 Å². The number of rotatable bonds is 8. The second kappa shape index (κ2) is 9.98. The number of aryl methyl sites for hydroxylation is 1. The van der Waals surface area contributed by atoms with E-state index in [0.717, 1.165) is 24.2 Å².